The molecule has 1 atom stereocenters. The molecule has 1 aliphatic rings. The van der Waals surface area contributed by atoms with E-state index >= 15 is 0 Å². The molecule has 0 aromatic heterocycles. The number of hydrogen-bond donors (Lipinski definition) is 2. The molecular formula is C9H16N2O4. The number of carboxylic acid groups (broad SMARTS) is 1. The van der Waals surface area contributed by atoms with E-state index in [0.717, 1.165) is 0 Å². The standard InChI is InChI=1S/C9H16N2O4/c1-15-5-2-8(12)11-4-3-10-6-7(11)9(13)14/h7,10H,2-6H2,1H3,(H,13,14). The van der Waals surface area contributed by atoms with Crippen LogP contribution < -0.4 is 5.32 Å². The second-order valence-corrected chi connectivity index (χ2v) is 3.39. The van der Waals surface area contributed by atoms with Crippen LogP contribution in [-0.4, -0.2) is 61.3 Å². The van der Waals surface area contributed by atoms with Gasteiger partial charge in [-0.1, -0.05) is 0 Å². The van der Waals surface area contributed by atoms with Gasteiger partial charge in [0, 0.05) is 26.7 Å². The number of amides is 1. The monoisotopic (exact) mass is 216 g/mol. The Balaban J connectivity index is 2.55. The maximum atomic E-state index is 11.6. The van der Waals surface area contributed by atoms with Crippen molar-refractivity contribution >= 4 is 11.9 Å². The van der Waals surface area contributed by atoms with Crippen molar-refractivity contribution in [3.8, 4) is 0 Å². The van der Waals surface area contributed by atoms with E-state index in [2.05, 4.69) is 5.32 Å². The summed E-state index contributed by atoms with van der Waals surface area (Å²) in [6.45, 7) is 1.73. The van der Waals surface area contributed by atoms with Crippen LogP contribution in [0, 0.1) is 0 Å². The Labute approximate surface area is 88.2 Å². The summed E-state index contributed by atoms with van der Waals surface area (Å²) in [6.07, 6.45) is 0.236. The van der Waals surface area contributed by atoms with Crippen LogP contribution in [0.3, 0.4) is 0 Å². The minimum absolute atomic E-state index is 0.161. The number of rotatable bonds is 4. The molecule has 0 bridgehead atoms. The Morgan fingerprint density at radius 2 is 2.33 bits per heavy atom. The number of methoxy groups -OCH3 is 1. The van der Waals surface area contributed by atoms with Gasteiger partial charge in [0.2, 0.25) is 5.91 Å². The minimum Gasteiger partial charge on any atom is -0.480 e. The molecule has 0 aliphatic carbocycles. The number of ether oxygens (including phenoxy) is 1. The first kappa shape index (κ1) is 11.9. The first-order valence-corrected chi connectivity index (χ1v) is 4.88. The lowest BCUT2D eigenvalue weighted by Crippen LogP contribution is -2.57. The lowest BCUT2D eigenvalue weighted by atomic mass is 10.2. The van der Waals surface area contributed by atoms with E-state index in [-0.39, 0.29) is 12.3 Å². The SMILES string of the molecule is COCCC(=O)N1CCNCC1C(=O)O. The average Bonchev–Trinajstić information content (AvgIpc) is 2.25. The third kappa shape index (κ3) is 3.17. The van der Waals surface area contributed by atoms with Crippen molar-refractivity contribution in [3.63, 3.8) is 0 Å². The Hall–Kier alpha value is -1.14. The maximum absolute atomic E-state index is 11.6. The Bertz CT molecular complexity index is 244. The van der Waals surface area contributed by atoms with E-state index in [4.69, 9.17) is 9.84 Å². The van der Waals surface area contributed by atoms with Gasteiger partial charge in [-0.2, -0.15) is 0 Å². The lowest BCUT2D eigenvalue weighted by Gasteiger charge is -2.33. The van der Waals surface area contributed by atoms with Gasteiger partial charge in [0.15, 0.2) is 0 Å². The summed E-state index contributed by atoms with van der Waals surface area (Å²) >= 11 is 0. The largest absolute Gasteiger partial charge is 0.480 e. The molecule has 0 spiro atoms. The molecule has 15 heavy (non-hydrogen) atoms. The highest BCUT2D eigenvalue weighted by molar-refractivity contribution is 5.84. The minimum atomic E-state index is -0.965. The van der Waals surface area contributed by atoms with Crippen molar-refractivity contribution in [1.82, 2.24) is 10.2 Å². The van der Waals surface area contributed by atoms with Crippen molar-refractivity contribution < 1.29 is 19.4 Å². The molecule has 6 nitrogen and oxygen atoms in total. The van der Waals surface area contributed by atoms with E-state index in [1.807, 2.05) is 0 Å². The highest BCUT2D eigenvalue weighted by Crippen LogP contribution is 2.06. The van der Waals surface area contributed by atoms with Crippen LogP contribution in [0.2, 0.25) is 0 Å². The summed E-state index contributed by atoms with van der Waals surface area (Å²) in [6, 6.07) is -0.747. The van der Waals surface area contributed by atoms with Crippen LogP contribution in [0.25, 0.3) is 0 Å². The number of aliphatic carboxylic acids is 1. The quantitative estimate of drug-likeness (QED) is 0.624. The van der Waals surface area contributed by atoms with Gasteiger partial charge in [-0.05, 0) is 0 Å². The summed E-state index contributed by atoms with van der Waals surface area (Å²) < 4.78 is 4.79. The molecule has 1 aliphatic heterocycles. The zero-order chi connectivity index (χ0) is 11.3. The van der Waals surface area contributed by atoms with Gasteiger partial charge in [-0.25, -0.2) is 4.79 Å². The van der Waals surface area contributed by atoms with Gasteiger partial charge < -0.3 is 20.1 Å². The fourth-order valence-corrected chi connectivity index (χ4v) is 1.56. The van der Waals surface area contributed by atoms with E-state index in [0.29, 0.717) is 26.2 Å². The molecule has 6 heteroatoms. The van der Waals surface area contributed by atoms with E-state index < -0.39 is 12.0 Å². The van der Waals surface area contributed by atoms with Crippen molar-refractivity contribution in [3.05, 3.63) is 0 Å². The highest BCUT2D eigenvalue weighted by Gasteiger charge is 2.31. The summed E-state index contributed by atoms with van der Waals surface area (Å²) in [5.41, 5.74) is 0. The second kappa shape index (κ2) is 5.67. The first-order valence-electron chi connectivity index (χ1n) is 4.88. The lowest BCUT2D eigenvalue weighted by molar-refractivity contribution is -0.151. The number of carbonyl (C=O) groups excluding carboxylic acids is 1. The van der Waals surface area contributed by atoms with Crippen molar-refractivity contribution in [1.29, 1.82) is 0 Å². The summed E-state index contributed by atoms with van der Waals surface area (Å²) in [7, 11) is 1.51. The van der Waals surface area contributed by atoms with Gasteiger partial charge >= 0.3 is 5.97 Å². The molecule has 86 valence electrons. The summed E-state index contributed by atoms with van der Waals surface area (Å²) in [5, 5.41) is 11.9. The average molecular weight is 216 g/mol. The normalized spacial score (nSPS) is 21.4. The molecular weight excluding hydrogens is 200 g/mol. The van der Waals surface area contributed by atoms with Crippen LogP contribution in [0.1, 0.15) is 6.42 Å². The Morgan fingerprint density at radius 3 is 2.93 bits per heavy atom. The number of carbonyl (C=O) groups is 2. The van der Waals surface area contributed by atoms with Gasteiger partial charge in [-0.3, -0.25) is 4.79 Å². The van der Waals surface area contributed by atoms with Crippen LogP contribution in [0.15, 0.2) is 0 Å². The fraction of sp³-hybridized carbons (Fsp3) is 0.778. The molecule has 0 aromatic carbocycles. The Morgan fingerprint density at radius 1 is 1.60 bits per heavy atom. The molecule has 1 amide bonds. The summed E-state index contributed by atoms with van der Waals surface area (Å²) in [5.74, 6) is -1.13. The van der Waals surface area contributed by atoms with Crippen LogP contribution in [0.4, 0.5) is 0 Å². The predicted octanol–water partition coefficient (Wildman–Crippen LogP) is -1.09. The molecule has 1 heterocycles. The van der Waals surface area contributed by atoms with Crippen LogP contribution >= 0.6 is 0 Å². The second-order valence-electron chi connectivity index (χ2n) is 3.39. The first-order chi connectivity index (χ1) is 7.16. The van der Waals surface area contributed by atoms with Gasteiger partial charge in [0.25, 0.3) is 0 Å². The molecule has 0 saturated carbocycles. The van der Waals surface area contributed by atoms with E-state index in [1.165, 1.54) is 12.0 Å². The topological polar surface area (TPSA) is 78.9 Å². The maximum Gasteiger partial charge on any atom is 0.327 e. The third-order valence-electron chi connectivity index (χ3n) is 2.37. The molecule has 0 aromatic rings. The van der Waals surface area contributed by atoms with Crippen molar-refractivity contribution in [2.24, 2.45) is 0 Å². The molecule has 1 unspecified atom stereocenters. The fourth-order valence-electron chi connectivity index (χ4n) is 1.56. The summed E-state index contributed by atoms with van der Waals surface area (Å²) in [4.78, 5) is 23.9. The smallest absolute Gasteiger partial charge is 0.327 e. The highest BCUT2D eigenvalue weighted by atomic mass is 16.5. The third-order valence-corrected chi connectivity index (χ3v) is 2.37. The zero-order valence-electron chi connectivity index (χ0n) is 8.73. The van der Waals surface area contributed by atoms with Crippen molar-refractivity contribution in [2.75, 3.05) is 33.4 Å². The number of hydrogen-bond acceptors (Lipinski definition) is 4. The van der Waals surface area contributed by atoms with Crippen LogP contribution in [-0.2, 0) is 14.3 Å². The van der Waals surface area contributed by atoms with Crippen LogP contribution in [0.5, 0.6) is 0 Å². The van der Waals surface area contributed by atoms with Gasteiger partial charge in [0.05, 0.1) is 13.0 Å². The molecule has 2 N–H and O–H groups in total. The Kier molecular flexibility index (Phi) is 4.51. The molecule has 1 rings (SSSR count). The number of nitrogens with zero attached hydrogens (tertiary/aromatic N) is 1. The van der Waals surface area contributed by atoms with Crippen molar-refractivity contribution in [2.45, 2.75) is 12.5 Å². The number of piperazine rings is 1. The van der Waals surface area contributed by atoms with E-state index in [1.54, 1.807) is 0 Å². The number of carboxylic acids is 1. The van der Waals surface area contributed by atoms with Gasteiger partial charge in [-0.15, -0.1) is 0 Å². The van der Waals surface area contributed by atoms with Gasteiger partial charge in [0.1, 0.15) is 6.04 Å². The molecule has 1 fully saturated rings. The number of nitrogens with one attached hydrogen (secondary N) is 1. The van der Waals surface area contributed by atoms with E-state index in [9.17, 15) is 9.59 Å². The molecule has 1 saturated heterocycles. The predicted molar refractivity (Wildman–Crippen MR) is 52.5 cm³/mol. The molecule has 0 radical (unpaired) electrons. The zero-order valence-corrected chi connectivity index (χ0v) is 8.73.